The number of rotatable bonds is 8. The molecule has 2 N–H and O–H groups in total. The third-order valence-corrected chi connectivity index (χ3v) is 2.75. The first-order valence-corrected chi connectivity index (χ1v) is 6.18. The first kappa shape index (κ1) is 15.9. The van der Waals surface area contributed by atoms with Crippen LogP contribution in [0, 0.1) is 17.0 Å². The van der Waals surface area contributed by atoms with Crippen LogP contribution in [-0.2, 0) is 9.53 Å². The lowest BCUT2D eigenvalue weighted by atomic mass is 10.1. The first-order valence-electron chi connectivity index (χ1n) is 6.18. The van der Waals surface area contributed by atoms with Crippen molar-refractivity contribution < 1.29 is 19.6 Å². The van der Waals surface area contributed by atoms with Crippen LogP contribution >= 0.6 is 0 Å². The summed E-state index contributed by atoms with van der Waals surface area (Å²) in [6.07, 6.45) is 0.972. The molecule has 1 aromatic rings. The molecule has 7 heteroatoms. The molecule has 0 saturated carbocycles. The molecular formula is C13H18N2O5. The third-order valence-electron chi connectivity index (χ3n) is 2.75. The van der Waals surface area contributed by atoms with Crippen molar-refractivity contribution >= 4 is 17.3 Å². The Labute approximate surface area is 116 Å². The molecule has 0 bridgehead atoms. The van der Waals surface area contributed by atoms with E-state index in [0.29, 0.717) is 30.7 Å². The minimum absolute atomic E-state index is 0.0615. The first-order chi connectivity index (χ1) is 9.43. The highest BCUT2D eigenvalue weighted by Crippen LogP contribution is 2.21. The van der Waals surface area contributed by atoms with Crippen molar-refractivity contribution in [1.82, 2.24) is 0 Å². The van der Waals surface area contributed by atoms with Gasteiger partial charge in [-0.3, -0.25) is 10.1 Å². The van der Waals surface area contributed by atoms with Gasteiger partial charge in [0, 0.05) is 31.5 Å². The number of nitro benzene ring substituents is 1. The van der Waals surface area contributed by atoms with Gasteiger partial charge in [-0.2, -0.15) is 0 Å². The average molecular weight is 282 g/mol. The molecule has 0 radical (unpaired) electrons. The summed E-state index contributed by atoms with van der Waals surface area (Å²) in [7, 11) is 1.55. The van der Waals surface area contributed by atoms with Crippen molar-refractivity contribution in [2.24, 2.45) is 0 Å². The van der Waals surface area contributed by atoms with Gasteiger partial charge in [0.05, 0.1) is 4.92 Å². The summed E-state index contributed by atoms with van der Waals surface area (Å²) in [5, 5.41) is 22.7. The molecule has 0 aliphatic heterocycles. The highest BCUT2D eigenvalue weighted by molar-refractivity contribution is 5.77. The van der Waals surface area contributed by atoms with Crippen LogP contribution in [0.2, 0.25) is 0 Å². The van der Waals surface area contributed by atoms with Crippen molar-refractivity contribution in [1.29, 1.82) is 0 Å². The van der Waals surface area contributed by atoms with Crippen molar-refractivity contribution in [2.75, 3.05) is 19.0 Å². The quantitative estimate of drug-likeness (QED) is 0.430. The van der Waals surface area contributed by atoms with E-state index in [2.05, 4.69) is 5.32 Å². The van der Waals surface area contributed by atoms with E-state index in [1.807, 2.05) is 0 Å². The maximum atomic E-state index is 11.2. The maximum Gasteiger partial charge on any atom is 0.326 e. The molecule has 0 saturated heterocycles. The Hall–Kier alpha value is -2.15. The van der Waals surface area contributed by atoms with E-state index in [4.69, 9.17) is 9.84 Å². The van der Waals surface area contributed by atoms with E-state index < -0.39 is 16.9 Å². The summed E-state index contributed by atoms with van der Waals surface area (Å²) in [5.41, 5.74) is 1.07. The van der Waals surface area contributed by atoms with Gasteiger partial charge in [-0.25, -0.2) is 4.79 Å². The lowest BCUT2D eigenvalue weighted by Gasteiger charge is -2.15. The van der Waals surface area contributed by atoms with Gasteiger partial charge in [0.1, 0.15) is 6.04 Å². The third kappa shape index (κ3) is 4.85. The summed E-state index contributed by atoms with van der Waals surface area (Å²) < 4.78 is 4.88. The molecule has 0 amide bonds. The monoisotopic (exact) mass is 282 g/mol. The Morgan fingerprint density at radius 3 is 2.75 bits per heavy atom. The topological polar surface area (TPSA) is 102 Å². The van der Waals surface area contributed by atoms with E-state index in [0.717, 1.165) is 0 Å². The summed E-state index contributed by atoms with van der Waals surface area (Å²) >= 11 is 0. The Kier molecular flexibility index (Phi) is 5.92. The Balaban J connectivity index is 2.82. The lowest BCUT2D eigenvalue weighted by Crippen LogP contribution is -2.29. The molecule has 0 fully saturated rings. The van der Waals surface area contributed by atoms with Crippen LogP contribution < -0.4 is 5.32 Å². The van der Waals surface area contributed by atoms with Crippen molar-refractivity contribution in [3.8, 4) is 0 Å². The highest BCUT2D eigenvalue weighted by Gasteiger charge is 2.18. The summed E-state index contributed by atoms with van der Waals surface area (Å²) in [5.74, 6) is -0.995. The summed E-state index contributed by atoms with van der Waals surface area (Å²) in [4.78, 5) is 21.4. The van der Waals surface area contributed by atoms with Crippen LogP contribution in [0.4, 0.5) is 11.4 Å². The minimum Gasteiger partial charge on any atom is -0.480 e. The number of nitro groups is 1. The fraction of sp³-hybridized carbons (Fsp3) is 0.462. The molecule has 0 aromatic heterocycles. The molecule has 110 valence electrons. The second kappa shape index (κ2) is 7.44. The predicted molar refractivity (Wildman–Crippen MR) is 74.0 cm³/mol. The number of hydrogen-bond acceptors (Lipinski definition) is 5. The molecule has 1 rings (SSSR count). The molecule has 1 aromatic carbocycles. The number of aliphatic carboxylic acids is 1. The van der Waals surface area contributed by atoms with E-state index in [9.17, 15) is 14.9 Å². The molecular weight excluding hydrogens is 264 g/mol. The number of ether oxygens (including phenoxy) is 1. The van der Waals surface area contributed by atoms with Gasteiger partial charge in [0.25, 0.3) is 5.69 Å². The maximum absolute atomic E-state index is 11.2. The Morgan fingerprint density at radius 2 is 2.20 bits per heavy atom. The molecule has 0 aliphatic carbocycles. The second-order valence-electron chi connectivity index (χ2n) is 4.48. The van der Waals surface area contributed by atoms with Gasteiger partial charge in [-0.05, 0) is 31.4 Å². The van der Waals surface area contributed by atoms with E-state index in [1.165, 1.54) is 12.1 Å². The van der Waals surface area contributed by atoms with Crippen LogP contribution in [0.1, 0.15) is 18.4 Å². The molecule has 0 heterocycles. The standard InChI is InChI=1S/C13H18N2O5/c1-9-6-10(8-11(7-9)15(18)19)14-12(13(16)17)4-3-5-20-2/h6-8,12,14H,3-5H2,1-2H3,(H,16,17). The minimum atomic E-state index is -0.995. The summed E-state index contributed by atoms with van der Waals surface area (Å²) in [6.45, 7) is 2.19. The predicted octanol–water partition coefficient (Wildman–Crippen LogP) is 2.19. The number of hydrogen-bond donors (Lipinski definition) is 2. The zero-order chi connectivity index (χ0) is 15.1. The van der Waals surface area contributed by atoms with Crippen molar-refractivity contribution in [3.63, 3.8) is 0 Å². The van der Waals surface area contributed by atoms with E-state index in [1.54, 1.807) is 20.1 Å². The van der Waals surface area contributed by atoms with Gasteiger partial charge in [0.2, 0.25) is 0 Å². The summed E-state index contributed by atoms with van der Waals surface area (Å²) in [6, 6.07) is 3.65. The Bertz CT molecular complexity index is 490. The number of non-ortho nitro benzene ring substituents is 1. The average Bonchev–Trinajstić information content (AvgIpc) is 2.36. The normalized spacial score (nSPS) is 11.9. The lowest BCUT2D eigenvalue weighted by molar-refractivity contribution is -0.384. The smallest absolute Gasteiger partial charge is 0.326 e. The Morgan fingerprint density at radius 1 is 1.50 bits per heavy atom. The molecule has 1 atom stereocenters. The second-order valence-corrected chi connectivity index (χ2v) is 4.48. The number of nitrogens with one attached hydrogen (secondary N) is 1. The van der Waals surface area contributed by atoms with Gasteiger partial charge < -0.3 is 15.2 Å². The molecule has 1 unspecified atom stereocenters. The van der Waals surface area contributed by atoms with Gasteiger partial charge >= 0.3 is 5.97 Å². The number of anilines is 1. The van der Waals surface area contributed by atoms with Crippen LogP contribution in [-0.4, -0.2) is 35.8 Å². The molecule has 0 spiro atoms. The van der Waals surface area contributed by atoms with E-state index >= 15 is 0 Å². The number of carbonyl (C=O) groups is 1. The zero-order valence-electron chi connectivity index (χ0n) is 11.5. The van der Waals surface area contributed by atoms with Gasteiger partial charge in [0.15, 0.2) is 0 Å². The highest BCUT2D eigenvalue weighted by atomic mass is 16.6. The molecule has 20 heavy (non-hydrogen) atoms. The zero-order valence-corrected chi connectivity index (χ0v) is 11.5. The largest absolute Gasteiger partial charge is 0.480 e. The van der Waals surface area contributed by atoms with Gasteiger partial charge in [-0.15, -0.1) is 0 Å². The fourth-order valence-corrected chi connectivity index (χ4v) is 1.84. The molecule has 0 aliphatic rings. The fourth-order valence-electron chi connectivity index (χ4n) is 1.84. The number of nitrogens with zero attached hydrogens (tertiary/aromatic N) is 1. The van der Waals surface area contributed by atoms with Crippen LogP contribution in [0.25, 0.3) is 0 Å². The van der Waals surface area contributed by atoms with Crippen LogP contribution in [0.3, 0.4) is 0 Å². The number of carboxylic acid groups (broad SMARTS) is 1. The SMILES string of the molecule is COCCCC(Nc1cc(C)cc([N+](=O)[O-])c1)C(=O)O. The number of carboxylic acids is 1. The van der Waals surface area contributed by atoms with Crippen LogP contribution in [0.15, 0.2) is 18.2 Å². The number of benzene rings is 1. The van der Waals surface area contributed by atoms with Crippen molar-refractivity contribution in [2.45, 2.75) is 25.8 Å². The van der Waals surface area contributed by atoms with Crippen molar-refractivity contribution in [3.05, 3.63) is 33.9 Å². The van der Waals surface area contributed by atoms with Gasteiger partial charge in [-0.1, -0.05) is 0 Å². The van der Waals surface area contributed by atoms with Crippen LogP contribution in [0.5, 0.6) is 0 Å². The molecule has 7 nitrogen and oxygen atoms in total. The van der Waals surface area contributed by atoms with E-state index in [-0.39, 0.29) is 5.69 Å². The number of aryl methyl sites for hydroxylation is 1. The number of methoxy groups -OCH3 is 1.